The molecule has 3 rings (SSSR count). The summed E-state index contributed by atoms with van der Waals surface area (Å²) in [6.45, 7) is 7.27. The third-order valence-corrected chi connectivity index (χ3v) is 5.00. The predicted octanol–water partition coefficient (Wildman–Crippen LogP) is 4.69. The summed E-state index contributed by atoms with van der Waals surface area (Å²) < 4.78 is 11.5. The number of benzene rings is 1. The molecule has 22 heavy (non-hydrogen) atoms. The molecule has 1 aromatic heterocycles. The summed E-state index contributed by atoms with van der Waals surface area (Å²) in [5.41, 5.74) is 2.31. The first-order valence-electron chi connectivity index (χ1n) is 7.97. The standard InChI is InChI=1S/C19H22O3/c1-4-19(5-2,18-9-7-15(11-20)22-18)14-6-8-17-16(10-14)13(3)12-21-17/h6-11,13H,4-5,12H2,1-3H3. The molecule has 0 saturated heterocycles. The molecule has 1 atom stereocenters. The first-order valence-corrected chi connectivity index (χ1v) is 7.97. The summed E-state index contributed by atoms with van der Waals surface area (Å²) in [7, 11) is 0. The van der Waals surface area contributed by atoms with Crippen LogP contribution in [0.2, 0.25) is 0 Å². The molecule has 1 aliphatic rings. The maximum absolute atomic E-state index is 10.9. The van der Waals surface area contributed by atoms with Gasteiger partial charge in [-0.05, 0) is 36.6 Å². The zero-order valence-corrected chi connectivity index (χ0v) is 13.4. The second-order valence-corrected chi connectivity index (χ2v) is 6.07. The van der Waals surface area contributed by atoms with Gasteiger partial charge in [-0.15, -0.1) is 0 Å². The molecule has 0 aliphatic carbocycles. The molecular weight excluding hydrogens is 276 g/mol. The van der Waals surface area contributed by atoms with Crippen LogP contribution in [0.5, 0.6) is 5.75 Å². The Hall–Kier alpha value is -2.03. The summed E-state index contributed by atoms with van der Waals surface area (Å²) in [4.78, 5) is 10.9. The maximum atomic E-state index is 10.9. The van der Waals surface area contributed by atoms with Crippen LogP contribution in [0.3, 0.4) is 0 Å². The number of fused-ring (bicyclic) bond motifs is 1. The third kappa shape index (κ3) is 2.16. The predicted molar refractivity (Wildman–Crippen MR) is 85.8 cm³/mol. The van der Waals surface area contributed by atoms with Crippen LogP contribution in [-0.2, 0) is 5.41 Å². The van der Waals surface area contributed by atoms with Gasteiger partial charge in [0.05, 0.1) is 12.0 Å². The molecule has 3 heteroatoms. The van der Waals surface area contributed by atoms with Gasteiger partial charge in [0.2, 0.25) is 0 Å². The van der Waals surface area contributed by atoms with E-state index < -0.39 is 0 Å². The summed E-state index contributed by atoms with van der Waals surface area (Å²) in [5.74, 6) is 2.67. The Kier molecular flexibility index (Phi) is 3.81. The number of hydrogen-bond donors (Lipinski definition) is 0. The van der Waals surface area contributed by atoms with Crippen LogP contribution in [0, 0.1) is 0 Å². The fraction of sp³-hybridized carbons (Fsp3) is 0.421. The molecule has 2 heterocycles. The van der Waals surface area contributed by atoms with Crippen molar-refractivity contribution in [2.45, 2.75) is 44.9 Å². The van der Waals surface area contributed by atoms with Crippen molar-refractivity contribution in [3.05, 3.63) is 53.0 Å². The Morgan fingerprint density at radius 3 is 2.64 bits per heavy atom. The van der Waals surface area contributed by atoms with E-state index in [1.807, 2.05) is 6.07 Å². The van der Waals surface area contributed by atoms with Gasteiger partial charge in [0.15, 0.2) is 12.0 Å². The van der Waals surface area contributed by atoms with E-state index in [9.17, 15) is 4.79 Å². The molecule has 0 N–H and O–H groups in total. The third-order valence-electron chi connectivity index (χ3n) is 5.00. The number of furan rings is 1. The topological polar surface area (TPSA) is 39.4 Å². The van der Waals surface area contributed by atoms with Gasteiger partial charge in [0.25, 0.3) is 0 Å². The summed E-state index contributed by atoms with van der Waals surface area (Å²) in [5, 5.41) is 0. The molecule has 2 aromatic rings. The Balaban J connectivity index is 2.11. The van der Waals surface area contributed by atoms with Gasteiger partial charge >= 0.3 is 0 Å². The molecule has 116 valence electrons. The highest BCUT2D eigenvalue weighted by atomic mass is 16.5. The van der Waals surface area contributed by atoms with E-state index in [-0.39, 0.29) is 5.41 Å². The summed E-state index contributed by atoms with van der Waals surface area (Å²) in [6.07, 6.45) is 2.60. The molecule has 1 aliphatic heterocycles. The smallest absolute Gasteiger partial charge is 0.185 e. The minimum Gasteiger partial charge on any atom is -0.493 e. The Morgan fingerprint density at radius 1 is 1.23 bits per heavy atom. The molecule has 0 radical (unpaired) electrons. The fourth-order valence-electron chi connectivity index (χ4n) is 3.49. The first-order chi connectivity index (χ1) is 10.6. The average molecular weight is 298 g/mol. The molecule has 0 amide bonds. The van der Waals surface area contributed by atoms with Crippen molar-refractivity contribution in [3.63, 3.8) is 0 Å². The van der Waals surface area contributed by atoms with Crippen LogP contribution in [0.15, 0.2) is 34.7 Å². The van der Waals surface area contributed by atoms with Crippen LogP contribution >= 0.6 is 0 Å². The SMILES string of the molecule is CCC(CC)(c1ccc2c(c1)C(C)CO2)c1ccc(C=O)o1. The average Bonchev–Trinajstić information content (AvgIpc) is 3.17. The molecular formula is C19H22O3. The van der Waals surface area contributed by atoms with E-state index in [2.05, 4.69) is 39.0 Å². The van der Waals surface area contributed by atoms with E-state index in [4.69, 9.17) is 9.15 Å². The molecule has 1 unspecified atom stereocenters. The van der Waals surface area contributed by atoms with E-state index >= 15 is 0 Å². The molecule has 0 saturated carbocycles. The minimum atomic E-state index is -0.196. The van der Waals surface area contributed by atoms with E-state index in [1.165, 1.54) is 11.1 Å². The van der Waals surface area contributed by atoms with Crippen LogP contribution in [-0.4, -0.2) is 12.9 Å². The van der Waals surface area contributed by atoms with Gasteiger partial charge in [0.1, 0.15) is 11.5 Å². The van der Waals surface area contributed by atoms with Crippen molar-refractivity contribution < 1.29 is 13.9 Å². The van der Waals surface area contributed by atoms with Gasteiger partial charge in [-0.1, -0.05) is 32.9 Å². The summed E-state index contributed by atoms with van der Waals surface area (Å²) in [6, 6.07) is 10.1. The molecule has 0 bridgehead atoms. The zero-order chi connectivity index (χ0) is 15.7. The van der Waals surface area contributed by atoms with Crippen molar-refractivity contribution in [2.24, 2.45) is 0 Å². The number of aldehydes is 1. The lowest BCUT2D eigenvalue weighted by atomic mass is 9.73. The monoisotopic (exact) mass is 298 g/mol. The number of carbonyl (C=O) groups excluding carboxylic acids is 1. The highest BCUT2D eigenvalue weighted by Gasteiger charge is 2.35. The molecule has 0 fully saturated rings. The maximum Gasteiger partial charge on any atom is 0.185 e. The van der Waals surface area contributed by atoms with Crippen molar-refractivity contribution in [2.75, 3.05) is 6.61 Å². The van der Waals surface area contributed by atoms with E-state index in [0.29, 0.717) is 11.7 Å². The van der Waals surface area contributed by atoms with Crippen molar-refractivity contribution in [1.29, 1.82) is 0 Å². The van der Waals surface area contributed by atoms with E-state index in [1.54, 1.807) is 6.07 Å². The highest BCUT2D eigenvalue weighted by molar-refractivity contribution is 5.70. The van der Waals surface area contributed by atoms with Gasteiger partial charge < -0.3 is 9.15 Å². The number of hydrogen-bond acceptors (Lipinski definition) is 3. The van der Waals surface area contributed by atoms with Crippen LogP contribution < -0.4 is 4.74 Å². The second-order valence-electron chi connectivity index (χ2n) is 6.07. The van der Waals surface area contributed by atoms with Crippen LogP contribution in [0.25, 0.3) is 0 Å². The number of rotatable bonds is 5. The highest BCUT2D eigenvalue weighted by Crippen LogP contribution is 2.43. The Bertz CT molecular complexity index is 680. The summed E-state index contributed by atoms with van der Waals surface area (Å²) >= 11 is 0. The second kappa shape index (κ2) is 5.64. The molecule has 1 aromatic carbocycles. The van der Waals surface area contributed by atoms with Gasteiger partial charge in [-0.3, -0.25) is 4.79 Å². The number of carbonyl (C=O) groups is 1. The normalized spacial score (nSPS) is 17.1. The van der Waals surface area contributed by atoms with Gasteiger partial charge in [-0.2, -0.15) is 0 Å². The lowest BCUT2D eigenvalue weighted by Crippen LogP contribution is -2.25. The Morgan fingerprint density at radius 2 is 2.00 bits per heavy atom. The van der Waals surface area contributed by atoms with Crippen LogP contribution in [0.4, 0.5) is 0 Å². The number of ether oxygens (including phenoxy) is 1. The Labute approximate surface area is 131 Å². The first kappa shape index (κ1) is 14.9. The van der Waals surface area contributed by atoms with Gasteiger partial charge in [0, 0.05) is 11.5 Å². The largest absolute Gasteiger partial charge is 0.493 e. The molecule has 3 nitrogen and oxygen atoms in total. The van der Waals surface area contributed by atoms with Crippen LogP contribution in [0.1, 0.15) is 67.0 Å². The van der Waals surface area contributed by atoms with Crippen molar-refractivity contribution in [1.82, 2.24) is 0 Å². The fourth-order valence-corrected chi connectivity index (χ4v) is 3.49. The minimum absolute atomic E-state index is 0.196. The lowest BCUT2D eigenvalue weighted by molar-refractivity contribution is 0.109. The lowest BCUT2D eigenvalue weighted by Gasteiger charge is -2.30. The van der Waals surface area contributed by atoms with Crippen molar-refractivity contribution >= 4 is 6.29 Å². The zero-order valence-electron chi connectivity index (χ0n) is 13.4. The quantitative estimate of drug-likeness (QED) is 0.751. The van der Waals surface area contributed by atoms with E-state index in [0.717, 1.165) is 37.2 Å². The van der Waals surface area contributed by atoms with Gasteiger partial charge in [-0.25, -0.2) is 0 Å². The van der Waals surface area contributed by atoms with Crippen molar-refractivity contribution in [3.8, 4) is 5.75 Å². The molecule has 0 spiro atoms.